The molecule has 1 aliphatic heterocycles. The van der Waals surface area contributed by atoms with Crippen LogP contribution in [-0.4, -0.2) is 36.8 Å². The van der Waals surface area contributed by atoms with E-state index < -0.39 is 5.72 Å². The standard InChI is InChI=1S/C13H23N2O3/c1-5-16-12-13(4,17-6-2)15(12,18-7-3)11-9-8-10-14-11/h8-10,12,14H,5-7H2,1-4H3/q+1/t12?,13-,15?/m0/s1. The maximum Gasteiger partial charge on any atom is 0.323 e. The van der Waals surface area contributed by atoms with Crippen LogP contribution in [0.25, 0.3) is 0 Å². The fourth-order valence-electron chi connectivity index (χ4n) is 2.70. The minimum atomic E-state index is -0.481. The Hall–Kier alpha value is -0.880. The van der Waals surface area contributed by atoms with Crippen molar-refractivity contribution in [3.05, 3.63) is 18.3 Å². The van der Waals surface area contributed by atoms with Crippen LogP contribution in [0.1, 0.15) is 27.7 Å². The minimum Gasteiger partial charge on any atom is -0.320 e. The number of nitrogens with zero attached hydrogens (tertiary/aromatic N) is 1. The largest absolute Gasteiger partial charge is 0.323 e. The Labute approximate surface area is 108 Å². The van der Waals surface area contributed by atoms with Gasteiger partial charge in [0, 0.05) is 19.2 Å². The molecule has 1 aliphatic rings. The van der Waals surface area contributed by atoms with E-state index in [4.69, 9.17) is 14.3 Å². The summed E-state index contributed by atoms with van der Waals surface area (Å²) < 4.78 is 12.0. The van der Waals surface area contributed by atoms with E-state index in [0.29, 0.717) is 19.8 Å². The first-order valence-electron chi connectivity index (χ1n) is 6.60. The van der Waals surface area contributed by atoms with Crippen LogP contribution in [0.15, 0.2) is 18.3 Å². The molecule has 1 fully saturated rings. The van der Waals surface area contributed by atoms with Crippen molar-refractivity contribution < 1.29 is 14.3 Å². The van der Waals surface area contributed by atoms with Crippen LogP contribution >= 0.6 is 0 Å². The third-order valence-corrected chi connectivity index (χ3v) is 3.41. The number of nitrogens with one attached hydrogen (secondary N) is 1. The monoisotopic (exact) mass is 255 g/mol. The number of hydrogen-bond acceptors (Lipinski definition) is 3. The summed E-state index contributed by atoms with van der Waals surface area (Å²) in [6, 6.07) is 3.97. The highest BCUT2D eigenvalue weighted by atomic mass is 16.8. The predicted octanol–water partition coefficient (Wildman–Crippen LogP) is 2.40. The molecule has 1 aromatic rings. The molecule has 2 unspecified atom stereocenters. The van der Waals surface area contributed by atoms with Gasteiger partial charge in [-0.25, -0.2) is 0 Å². The molecule has 1 saturated heterocycles. The van der Waals surface area contributed by atoms with E-state index in [1.807, 2.05) is 46.0 Å². The van der Waals surface area contributed by atoms with Gasteiger partial charge in [0.15, 0.2) is 0 Å². The Kier molecular flexibility index (Phi) is 3.77. The van der Waals surface area contributed by atoms with E-state index in [-0.39, 0.29) is 10.9 Å². The molecule has 0 radical (unpaired) electrons. The molecule has 2 rings (SSSR count). The second-order valence-corrected chi connectivity index (χ2v) is 4.43. The van der Waals surface area contributed by atoms with E-state index in [1.165, 1.54) is 0 Å². The second-order valence-electron chi connectivity index (χ2n) is 4.43. The van der Waals surface area contributed by atoms with Gasteiger partial charge in [0.1, 0.15) is 6.61 Å². The van der Waals surface area contributed by atoms with E-state index in [1.54, 1.807) is 0 Å². The Balaban J connectivity index is 2.34. The van der Waals surface area contributed by atoms with Gasteiger partial charge in [0.25, 0.3) is 0 Å². The van der Waals surface area contributed by atoms with Crippen LogP contribution < -0.4 is 4.65 Å². The normalized spacial score (nSPS) is 34.8. The summed E-state index contributed by atoms with van der Waals surface area (Å²) in [6.07, 6.45) is 1.77. The fourth-order valence-corrected chi connectivity index (χ4v) is 2.70. The number of hydroxylamine groups is 2. The average molecular weight is 255 g/mol. The van der Waals surface area contributed by atoms with Crippen LogP contribution in [0.5, 0.6) is 0 Å². The molecule has 0 aromatic carbocycles. The van der Waals surface area contributed by atoms with Gasteiger partial charge in [-0.3, -0.25) is 0 Å². The van der Waals surface area contributed by atoms with E-state index >= 15 is 0 Å². The number of H-pyrrole nitrogens is 1. The molecule has 0 saturated carbocycles. The molecule has 5 heteroatoms. The number of quaternary nitrogens is 1. The summed E-state index contributed by atoms with van der Waals surface area (Å²) in [7, 11) is 0. The van der Waals surface area contributed by atoms with Gasteiger partial charge >= 0.3 is 12.0 Å². The lowest BCUT2D eigenvalue weighted by Gasteiger charge is -2.18. The van der Waals surface area contributed by atoms with Gasteiger partial charge in [-0.1, -0.05) is 4.65 Å². The van der Waals surface area contributed by atoms with Crippen LogP contribution in [0.3, 0.4) is 0 Å². The third kappa shape index (κ3) is 1.70. The average Bonchev–Trinajstić information content (AvgIpc) is 2.77. The lowest BCUT2D eigenvalue weighted by atomic mass is 10.4. The van der Waals surface area contributed by atoms with Gasteiger partial charge in [-0.05, 0) is 26.8 Å². The minimum absolute atomic E-state index is 0.124. The number of rotatable bonds is 7. The van der Waals surface area contributed by atoms with Crippen molar-refractivity contribution in [3.63, 3.8) is 0 Å². The van der Waals surface area contributed by atoms with Crippen molar-refractivity contribution in [3.8, 4) is 0 Å². The molecule has 3 atom stereocenters. The maximum atomic E-state index is 5.97. The van der Waals surface area contributed by atoms with Crippen molar-refractivity contribution in [1.82, 2.24) is 9.63 Å². The highest BCUT2D eigenvalue weighted by Gasteiger charge is 2.85. The molecule has 0 bridgehead atoms. The van der Waals surface area contributed by atoms with Crippen LogP contribution in [0, 0.1) is 0 Å². The molecular weight excluding hydrogens is 232 g/mol. The first-order chi connectivity index (χ1) is 8.67. The zero-order chi connectivity index (χ0) is 13.2. The van der Waals surface area contributed by atoms with Crippen LogP contribution in [0.2, 0.25) is 0 Å². The van der Waals surface area contributed by atoms with Crippen LogP contribution in [-0.2, 0) is 14.3 Å². The Morgan fingerprint density at radius 1 is 1.28 bits per heavy atom. The van der Waals surface area contributed by atoms with Crippen molar-refractivity contribution in [1.29, 1.82) is 0 Å². The zero-order valence-corrected chi connectivity index (χ0v) is 11.6. The van der Waals surface area contributed by atoms with Crippen molar-refractivity contribution >= 4 is 5.82 Å². The highest BCUT2D eigenvalue weighted by molar-refractivity contribution is 5.43. The summed E-state index contributed by atoms with van der Waals surface area (Å²) in [5, 5.41) is 0. The Morgan fingerprint density at radius 2 is 2.06 bits per heavy atom. The molecule has 102 valence electrons. The first kappa shape index (κ1) is 13.5. The van der Waals surface area contributed by atoms with Crippen molar-refractivity contribution in [2.24, 2.45) is 0 Å². The van der Waals surface area contributed by atoms with Crippen LogP contribution in [0.4, 0.5) is 5.82 Å². The zero-order valence-electron chi connectivity index (χ0n) is 11.6. The molecule has 1 aromatic heterocycles. The number of ether oxygens (including phenoxy) is 2. The SMILES string of the molecule is CCOC1[C@](C)(OCC)[N+]1(OCC)c1ccc[nH]1. The molecule has 0 amide bonds. The van der Waals surface area contributed by atoms with E-state index in [9.17, 15) is 0 Å². The number of aromatic amines is 1. The fraction of sp³-hybridized carbons (Fsp3) is 0.692. The summed E-state index contributed by atoms with van der Waals surface area (Å²) >= 11 is 0. The maximum absolute atomic E-state index is 5.97. The van der Waals surface area contributed by atoms with E-state index in [2.05, 4.69) is 4.98 Å². The van der Waals surface area contributed by atoms with Crippen molar-refractivity contribution in [2.45, 2.75) is 39.6 Å². The molecule has 0 aliphatic carbocycles. The molecule has 0 spiro atoms. The summed E-state index contributed by atoms with van der Waals surface area (Å²) in [4.78, 5) is 9.19. The Bertz CT molecular complexity index is 382. The third-order valence-electron chi connectivity index (χ3n) is 3.41. The van der Waals surface area contributed by atoms with Gasteiger partial charge in [0.05, 0.1) is 13.2 Å². The predicted molar refractivity (Wildman–Crippen MR) is 69.7 cm³/mol. The second kappa shape index (κ2) is 5.01. The smallest absolute Gasteiger partial charge is 0.320 e. The number of hydrogen-bond donors (Lipinski definition) is 1. The van der Waals surface area contributed by atoms with Gasteiger partial charge in [-0.15, -0.1) is 0 Å². The van der Waals surface area contributed by atoms with Crippen molar-refractivity contribution in [2.75, 3.05) is 19.8 Å². The molecule has 5 nitrogen and oxygen atoms in total. The van der Waals surface area contributed by atoms with Gasteiger partial charge < -0.3 is 14.5 Å². The highest BCUT2D eigenvalue weighted by Crippen LogP contribution is 2.55. The summed E-state index contributed by atoms with van der Waals surface area (Å²) in [5.74, 6) is 0.964. The van der Waals surface area contributed by atoms with E-state index in [0.717, 1.165) is 5.82 Å². The lowest BCUT2D eigenvalue weighted by Crippen LogP contribution is -2.38. The topological polar surface area (TPSA) is 43.5 Å². The summed E-state index contributed by atoms with van der Waals surface area (Å²) in [5.41, 5.74) is -0.481. The molecule has 18 heavy (non-hydrogen) atoms. The number of aromatic nitrogens is 1. The Morgan fingerprint density at radius 3 is 2.56 bits per heavy atom. The first-order valence-corrected chi connectivity index (χ1v) is 6.60. The molecule has 1 N–H and O–H groups in total. The van der Waals surface area contributed by atoms with Gasteiger partial charge in [0.2, 0.25) is 5.82 Å². The molecular formula is C13H23N2O3+. The molecule has 2 heterocycles. The van der Waals surface area contributed by atoms with Gasteiger partial charge in [-0.2, -0.15) is 4.84 Å². The summed E-state index contributed by atoms with van der Waals surface area (Å²) in [6.45, 7) is 9.87. The quantitative estimate of drug-likeness (QED) is 0.601. The lowest BCUT2D eigenvalue weighted by molar-refractivity contribution is -0.149.